The van der Waals surface area contributed by atoms with Gasteiger partial charge in [0.05, 0.1) is 26.1 Å². The minimum absolute atomic E-state index is 0.0250. The molecule has 0 saturated carbocycles. The largest absolute Gasteiger partial charge is 0.481 e. The number of phosphoric acid groups is 3. The molecule has 3 aromatic rings. The average Bonchev–Trinajstić information content (AvgIpc) is 3.71. The van der Waals surface area contributed by atoms with Crippen molar-refractivity contribution in [3.05, 3.63) is 48.0 Å². The Morgan fingerprint density at radius 3 is 2.34 bits per heavy atom. The molecule has 0 aliphatic carbocycles. The molecule has 1 saturated heterocycles. The zero-order valence-electron chi connectivity index (χ0n) is 30.5. The van der Waals surface area contributed by atoms with Crippen molar-refractivity contribution in [2.75, 3.05) is 37.8 Å². The van der Waals surface area contributed by atoms with Crippen molar-refractivity contribution >= 4 is 69.1 Å². The molecule has 29 heteroatoms. The van der Waals surface area contributed by atoms with E-state index in [1.165, 1.54) is 13.8 Å². The normalized spacial score (nSPS) is 21.3. The van der Waals surface area contributed by atoms with Gasteiger partial charge >= 0.3 is 23.5 Å². The SMILES string of the molecule is CC(C)(COP(=O)(O)OP(=O)(O)OC[C@H]1O[C@@H](n2cnc3c(N)ncnc32)[C@H](O)[C@@H]1OP(=O)(O)O)[C@@H](O)C(=O)NCCC(=O)NCCSC(=O)c1ccc(CO)cc1. The molecule has 25 nitrogen and oxygen atoms in total. The van der Waals surface area contributed by atoms with Gasteiger partial charge in [-0.2, -0.15) is 4.31 Å². The highest BCUT2D eigenvalue weighted by Crippen LogP contribution is 2.61. The van der Waals surface area contributed by atoms with Crippen molar-refractivity contribution in [2.24, 2.45) is 5.41 Å². The molecule has 1 aromatic carbocycles. The highest BCUT2D eigenvalue weighted by molar-refractivity contribution is 8.14. The van der Waals surface area contributed by atoms with Crippen LogP contribution in [0.4, 0.5) is 5.82 Å². The van der Waals surface area contributed by atoms with Crippen molar-refractivity contribution in [3.8, 4) is 0 Å². The van der Waals surface area contributed by atoms with Gasteiger partial charge in [-0.3, -0.25) is 32.5 Å². The Morgan fingerprint density at radius 2 is 1.69 bits per heavy atom. The third-order valence-corrected chi connectivity index (χ3v) is 12.1. The molecule has 2 amide bonds. The molecule has 0 bridgehead atoms. The number of aliphatic hydroxyl groups is 3. The molecular weight excluding hydrogens is 859 g/mol. The number of aromatic nitrogens is 4. The van der Waals surface area contributed by atoms with Crippen molar-refractivity contribution in [1.29, 1.82) is 0 Å². The van der Waals surface area contributed by atoms with Crippen LogP contribution in [0, 0.1) is 5.41 Å². The second-order valence-corrected chi connectivity index (χ2v) is 18.4. The highest BCUT2D eigenvalue weighted by Gasteiger charge is 2.50. The number of fused-ring (bicyclic) bond motifs is 1. The molecule has 7 atom stereocenters. The fourth-order valence-electron chi connectivity index (χ4n) is 5.10. The van der Waals surface area contributed by atoms with Crippen LogP contribution in [0.5, 0.6) is 0 Å². The highest BCUT2D eigenvalue weighted by atomic mass is 32.2. The number of aliphatic hydroxyl groups excluding tert-OH is 3. The Kier molecular flexibility index (Phi) is 16.2. The molecule has 1 fully saturated rings. The summed E-state index contributed by atoms with van der Waals surface area (Å²) in [5.74, 6) is -1.26. The Labute approximate surface area is 333 Å². The first-order valence-corrected chi connectivity index (χ1v) is 22.3. The van der Waals surface area contributed by atoms with E-state index in [-0.39, 0.29) is 54.0 Å². The third-order valence-electron chi connectivity index (χ3n) is 8.11. The molecule has 58 heavy (non-hydrogen) atoms. The zero-order valence-corrected chi connectivity index (χ0v) is 34.0. The molecule has 322 valence electrons. The number of phosphoric ester groups is 3. The van der Waals surface area contributed by atoms with Gasteiger partial charge < -0.3 is 56.0 Å². The van der Waals surface area contributed by atoms with Crippen LogP contribution in [0.25, 0.3) is 11.2 Å². The lowest BCUT2D eigenvalue weighted by Crippen LogP contribution is -2.46. The van der Waals surface area contributed by atoms with Gasteiger partial charge in [0.1, 0.15) is 36.3 Å². The smallest absolute Gasteiger partial charge is 0.392 e. The molecule has 3 heterocycles. The Hall–Kier alpha value is -3.26. The van der Waals surface area contributed by atoms with Gasteiger partial charge in [0, 0.05) is 36.2 Å². The number of hydrogen-bond acceptors (Lipinski definition) is 19. The topological polar surface area (TPSA) is 384 Å². The van der Waals surface area contributed by atoms with Crippen LogP contribution >= 0.6 is 35.2 Å². The minimum Gasteiger partial charge on any atom is -0.392 e. The van der Waals surface area contributed by atoms with E-state index < -0.39 is 84.6 Å². The monoisotopic (exact) mass is 901 g/mol. The van der Waals surface area contributed by atoms with Gasteiger partial charge in [0.15, 0.2) is 17.7 Å². The van der Waals surface area contributed by atoms with E-state index in [1.807, 2.05) is 0 Å². The summed E-state index contributed by atoms with van der Waals surface area (Å²) in [6.45, 7) is 0.200. The maximum atomic E-state index is 12.7. The molecule has 1 aliphatic heterocycles. The number of nitrogens with zero attached hydrogens (tertiary/aromatic N) is 4. The van der Waals surface area contributed by atoms with E-state index in [0.717, 1.165) is 29.0 Å². The van der Waals surface area contributed by atoms with Crippen molar-refractivity contribution in [3.63, 3.8) is 0 Å². The number of carbonyl (C=O) groups is 3. The van der Waals surface area contributed by atoms with Crippen LogP contribution in [0.3, 0.4) is 0 Å². The van der Waals surface area contributed by atoms with Gasteiger partial charge in [-0.15, -0.1) is 0 Å². The predicted molar refractivity (Wildman–Crippen MR) is 199 cm³/mol. The molecule has 4 rings (SSSR count). The van der Waals surface area contributed by atoms with Gasteiger partial charge in [-0.05, 0) is 5.56 Å². The van der Waals surface area contributed by atoms with Gasteiger partial charge in [0.2, 0.25) is 16.9 Å². The number of imidazole rings is 1. The van der Waals surface area contributed by atoms with Crippen LogP contribution in [0.15, 0.2) is 36.9 Å². The average molecular weight is 902 g/mol. The lowest BCUT2D eigenvalue weighted by atomic mass is 9.87. The number of benzene rings is 1. The lowest BCUT2D eigenvalue weighted by Gasteiger charge is -2.30. The maximum Gasteiger partial charge on any atom is 0.481 e. The molecule has 0 spiro atoms. The van der Waals surface area contributed by atoms with Crippen LogP contribution < -0.4 is 16.4 Å². The number of ether oxygens (including phenoxy) is 1. The second kappa shape index (κ2) is 19.9. The number of anilines is 1. The van der Waals surface area contributed by atoms with Gasteiger partial charge in [-0.25, -0.2) is 28.6 Å². The molecule has 0 radical (unpaired) electrons. The van der Waals surface area contributed by atoms with Gasteiger partial charge in [0.25, 0.3) is 0 Å². The van der Waals surface area contributed by atoms with Crippen molar-refractivity contribution < 1.29 is 85.6 Å². The number of amides is 2. The minimum atomic E-state index is -5.58. The number of nitrogen functional groups attached to an aromatic ring is 1. The standard InChI is InChI=1S/C29H42N7O18P3S/c1-29(2,23(40)26(41)32-8-7-19(38)31-9-10-58-28(42)17-5-3-16(11-37)4-6-17)13-51-57(48,49)54-56(46,47)50-12-18-22(53-55(43,44)45)21(39)27(52-18)36-15-35-20-24(30)33-14-34-25(20)36/h3-6,14-15,18,21-23,27,37,39-40H,7-13H2,1-2H3,(H,31,38)(H,32,41)(H,46,47)(H,48,49)(H2,30,33,34)(H2,43,44,45)/t18-,21-,22-,23+,27-/m1/s1. The summed E-state index contributed by atoms with van der Waals surface area (Å²) in [7, 11) is -16.4. The van der Waals surface area contributed by atoms with Crippen LogP contribution in [0.2, 0.25) is 0 Å². The van der Waals surface area contributed by atoms with Gasteiger partial charge in [-0.1, -0.05) is 49.9 Å². The zero-order chi connectivity index (χ0) is 43.1. The van der Waals surface area contributed by atoms with Crippen LogP contribution in [0.1, 0.15) is 42.4 Å². The lowest BCUT2D eigenvalue weighted by molar-refractivity contribution is -0.137. The number of thioether (sulfide) groups is 1. The molecular formula is C29H42N7O18P3S. The first-order valence-electron chi connectivity index (χ1n) is 16.8. The van der Waals surface area contributed by atoms with Crippen LogP contribution in [-0.4, -0.2) is 128 Å². The summed E-state index contributed by atoms with van der Waals surface area (Å²) in [5, 5.41) is 35.2. The number of hydrogen-bond donors (Lipinski definition) is 10. The maximum absolute atomic E-state index is 12.7. The number of rotatable bonds is 21. The summed E-state index contributed by atoms with van der Waals surface area (Å²) in [5.41, 5.74) is 5.32. The molecule has 11 N–H and O–H groups in total. The summed E-state index contributed by atoms with van der Waals surface area (Å²) >= 11 is 0.974. The summed E-state index contributed by atoms with van der Waals surface area (Å²) in [6.07, 6.45) is -7.01. The second-order valence-electron chi connectivity index (χ2n) is 13.1. The fraction of sp³-hybridized carbons (Fsp3) is 0.517. The third kappa shape index (κ3) is 13.4. The van der Waals surface area contributed by atoms with Crippen molar-refractivity contribution in [1.82, 2.24) is 30.2 Å². The van der Waals surface area contributed by atoms with E-state index in [1.54, 1.807) is 24.3 Å². The Morgan fingerprint density at radius 1 is 1.02 bits per heavy atom. The van der Waals surface area contributed by atoms with E-state index >= 15 is 0 Å². The Bertz CT molecular complexity index is 2070. The summed E-state index contributed by atoms with van der Waals surface area (Å²) < 4.78 is 62.1. The van der Waals surface area contributed by atoms with E-state index in [0.29, 0.717) is 11.1 Å². The first-order chi connectivity index (χ1) is 27.0. The van der Waals surface area contributed by atoms with Crippen molar-refractivity contribution in [2.45, 2.75) is 57.5 Å². The number of nitrogens with two attached hydrogens (primary N) is 1. The predicted octanol–water partition coefficient (Wildman–Crippen LogP) is -0.529. The van der Waals surface area contributed by atoms with E-state index in [4.69, 9.17) is 24.6 Å². The summed E-state index contributed by atoms with van der Waals surface area (Å²) in [6, 6.07) is 6.39. The quantitative estimate of drug-likeness (QED) is 0.0474. The number of carbonyl (C=O) groups excluding carboxylic acids is 3. The fourth-order valence-corrected chi connectivity index (χ4v) is 8.62. The first kappa shape index (κ1) is 47.4. The molecule has 2 unspecified atom stereocenters. The molecule has 1 aliphatic rings. The van der Waals surface area contributed by atoms with E-state index in [2.05, 4.69) is 34.4 Å². The Balaban J connectivity index is 1.22. The molecule has 2 aromatic heterocycles. The van der Waals surface area contributed by atoms with Crippen LogP contribution in [-0.2, 0) is 52.5 Å². The van der Waals surface area contributed by atoms with E-state index in [9.17, 15) is 57.9 Å². The summed E-state index contributed by atoms with van der Waals surface area (Å²) in [4.78, 5) is 88.0. The number of nitrogens with one attached hydrogen (secondary N) is 2.